The van der Waals surface area contributed by atoms with Crippen LogP contribution in [-0.2, 0) is 18.5 Å². The fraction of sp³-hybridized carbons (Fsp3) is 0.400. The lowest BCUT2D eigenvalue weighted by atomic mass is 10.0. The number of carbonyl (C=O) groups excluding carboxylic acids is 1. The Morgan fingerprint density at radius 2 is 1.90 bits per heavy atom. The highest BCUT2D eigenvalue weighted by Crippen LogP contribution is 2.45. The third-order valence-corrected chi connectivity index (χ3v) is 7.70. The summed E-state index contributed by atoms with van der Waals surface area (Å²) in [6, 6.07) is 19.0. The molecule has 0 spiro atoms. The first kappa shape index (κ1) is 30.3. The molecule has 0 radical (unpaired) electrons. The maximum Gasteiger partial charge on any atom is 0.248 e. The number of halogens is 1. The van der Waals surface area contributed by atoms with Gasteiger partial charge >= 0.3 is 0 Å². The number of benzene rings is 3. The van der Waals surface area contributed by atoms with Gasteiger partial charge in [-0.1, -0.05) is 29.7 Å². The highest BCUT2D eigenvalue weighted by atomic mass is 19.1. The molecule has 6 heteroatoms. The Morgan fingerprint density at radius 1 is 1.07 bits per heavy atom. The van der Waals surface area contributed by atoms with Crippen LogP contribution < -0.4 is 15.8 Å². The molecule has 1 aliphatic rings. The summed E-state index contributed by atoms with van der Waals surface area (Å²) in [4.78, 5) is 13.7. The minimum Gasteiger partial charge on any atom is -0.493 e. The molecule has 3 aromatic carbocycles. The first-order valence-electron chi connectivity index (χ1n) is 14.6. The van der Waals surface area contributed by atoms with Crippen LogP contribution in [0.25, 0.3) is 0 Å². The number of carbonyl (C=O) groups is 1. The molecule has 0 aliphatic heterocycles. The fourth-order valence-corrected chi connectivity index (χ4v) is 5.39. The molecule has 0 aromatic heterocycles. The average molecular weight is 556 g/mol. The molecular weight excluding hydrogens is 513 g/mol. The number of primary amides is 1. The van der Waals surface area contributed by atoms with Gasteiger partial charge in [0, 0.05) is 29.3 Å². The number of hydrogen-bond donors (Lipinski definition) is 2. The van der Waals surface area contributed by atoms with E-state index in [1.54, 1.807) is 6.07 Å². The molecule has 1 aliphatic carbocycles. The zero-order valence-corrected chi connectivity index (χ0v) is 24.3. The molecule has 216 valence electrons. The maximum atomic E-state index is 14.3. The zero-order valence-electron chi connectivity index (χ0n) is 24.3. The van der Waals surface area contributed by atoms with Crippen LogP contribution in [0, 0.1) is 25.1 Å². The van der Waals surface area contributed by atoms with Crippen molar-refractivity contribution in [2.45, 2.75) is 64.0 Å². The van der Waals surface area contributed by atoms with E-state index in [1.165, 1.54) is 11.6 Å². The summed E-state index contributed by atoms with van der Waals surface area (Å²) in [6.45, 7) is 5.06. The first-order valence-corrected chi connectivity index (χ1v) is 14.6. The number of rotatable bonds is 16. The molecule has 0 heterocycles. The number of terminal acetylenes is 1. The van der Waals surface area contributed by atoms with E-state index < -0.39 is 5.91 Å². The number of unbranched alkanes of at least 4 members (excludes halogenated alkanes) is 2. The van der Waals surface area contributed by atoms with Crippen LogP contribution in [-0.4, -0.2) is 37.6 Å². The topological polar surface area (TPSA) is 67.6 Å². The van der Waals surface area contributed by atoms with Crippen LogP contribution >= 0.6 is 0 Å². The Bertz CT molecular complexity index is 1380. The molecular formula is C35H42FN3O2. The Balaban J connectivity index is 1.14. The van der Waals surface area contributed by atoms with E-state index in [4.69, 9.17) is 16.9 Å². The Labute approximate surface area is 244 Å². The van der Waals surface area contributed by atoms with E-state index in [1.807, 2.05) is 37.3 Å². The third kappa shape index (κ3) is 9.18. The highest BCUT2D eigenvalue weighted by molar-refractivity contribution is 5.93. The molecule has 0 saturated heterocycles. The predicted octanol–water partition coefficient (Wildman–Crippen LogP) is 6.11. The molecule has 0 atom stereocenters. The zero-order chi connectivity index (χ0) is 29.2. The van der Waals surface area contributed by atoms with Gasteiger partial charge in [-0.05, 0) is 125 Å². The number of ether oxygens (including phenoxy) is 1. The Kier molecular flexibility index (Phi) is 10.6. The maximum absolute atomic E-state index is 14.3. The minimum absolute atomic E-state index is 0.0660. The van der Waals surface area contributed by atoms with Crippen LogP contribution in [0.1, 0.15) is 76.7 Å². The molecule has 3 N–H and O–H groups in total. The van der Waals surface area contributed by atoms with Gasteiger partial charge in [0.25, 0.3) is 0 Å². The summed E-state index contributed by atoms with van der Waals surface area (Å²) in [5.41, 5.74) is 11.3. The number of nitrogens with one attached hydrogen (secondary N) is 1. The van der Waals surface area contributed by atoms with Crippen molar-refractivity contribution in [3.05, 3.63) is 99.9 Å². The summed E-state index contributed by atoms with van der Waals surface area (Å²) in [7, 11) is 2.06. The van der Waals surface area contributed by atoms with Crippen LogP contribution in [0.5, 0.6) is 5.75 Å². The SMILES string of the molecule is C#Cc1cccc(C2(NCCCCc3cc(F)cc(OCCCCN(C)Cc4cc(C)cc(C(N)=O)c4)c3)CC2)c1. The number of amides is 1. The lowest BCUT2D eigenvalue weighted by Crippen LogP contribution is -2.29. The van der Waals surface area contributed by atoms with Crippen LogP contribution in [0.2, 0.25) is 0 Å². The van der Waals surface area contributed by atoms with Crippen molar-refractivity contribution >= 4 is 5.91 Å². The van der Waals surface area contributed by atoms with Gasteiger partial charge < -0.3 is 20.7 Å². The molecule has 1 saturated carbocycles. The summed E-state index contributed by atoms with van der Waals surface area (Å²) >= 11 is 0. The monoisotopic (exact) mass is 555 g/mol. The van der Waals surface area contributed by atoms with E-state index >= 15 is 0 Å². The van der Waals surface area contributed by atoms with Crippen molar-refractivity contribution in [3.8, 4) is 18.1 Å². The molecule has 1 amide bonds. The quantitative estimate of drug-likeness (QED) is 0.165. The van der Waals surface area contributed by atoms with Gasteiger partial charge in [0.1, 0.15) is 11.6 Å². The van der Waals surface area contributed by atoms with Gasteiger partial charge in [-0.3, -0.25) is 4.79 Å². The second-order valence-electron chi connectivity index (χ2n) is 11.4. The molecule has 4 rings (SSSR count). The van der Waals surface area contributed by atoms with E-state index in [9.17, 15) is 9.18 Å². The molecule has 3 aromatic rings. The highest BCUT2D eigenvalue weighted by Gasteiger charge is 2.43. The second kappa shape index (κ2) is 14.3. The van der Waals surface area contributed by atoms with Gasteiger partial charge in [0.05, 0.1) is 6.61 Å². The number of nitrogens with zero attached hydrogens (tertiary/aromatic N) is 1. The van der Waals surface area contributed by atoms with Gasteiger partial charge in [0.2, 0.25) is 5.91 Å². The third-order valence-electron chi connectivity index (χ3n) is 7.70. The van der Waals surface area contributed by atoms with E-state index in [0.29, 0.717) is 17.9 Å². The molecule has 0 unspecified atom stereocenters. The van der Waals surface area contributed by atoms with Gasteiger partial charge in [0.15, 0.2) is 0 Å². The van der Waals surface area contributed by atoms with E-state index in [2.05, 4.69) is 41.4 Å². The van der Waals surface area contributed by atoms with Crippen LogP contribution in [0.15, 0.2) is 60.7 Å². The van der Waals surface area contributed by atoms with Crippen molar-refractivity contribution < 1.29 is 13.9 Å². The fourth-order valence-electron chi connectivity index (χ4n) is 5.39. The largest absolute Gasteiger partial charge is 0.493 e. The first-order chi connectivity index (χ1) is 19.8. The summed E-state index contributed by atoms with van der Waals surface area (Å²) in [6.07, 6.45) is 12.5. The summed E-state index contributed by atoms with van der Waals surface area (Å²) in [5, 5.41) is 3.73. The smallest absolute Gasteiger partial charge is 0.248 e. The lowest BCUT2D eigenvalue weighted by molar-refractivity contribution is 0.1000. The molecule has 1 fully saturated rings. The van der Waals surface area contributed by atoms with Crippen molar-refractivity contribution in [3.63, 3.8) is 0 Å². The average Bonchev–Trinajstić information content (AvgIpc) is 3.73. The number of hydrogen-bond acceptors (Lipinski definition) is 4. The molecule has 41 heavy (non-hydrogen) atoms. The van der Waals surface area contributed by atoms with Crippen molar-refractivity contribution in [1.82, 2.24) is 10.2 Å². The predicted molar refractivity (Wildman–Crippen MR) is 163 cm³/mol. The Morgan fingerprint density at radius 3 is 2.66 bits per heavy atom. The number of nitrogens with two attached hydrogens (primary N) is 1. The van der Waals surface area contributed by atoms with Crippen LogP contribution in [0.3, 0.4) is 0 Å². The van der Waals surface area contributed by atoms with Crippen molar-refractivity contribution in [2.24, 2.45) is 5.73 Å². The summed E-state index contributed by atoms with van der Waals surface area (Å²) < 4.78 is 20.2. The normalized spacial score (nSPS) is 13.6. The van der Waals surface area contributed by atoms with Gasteiger partial charge in [-0.2, -0.15) is 0 Å². The minimum atomic E-state index is -0.405. The molecule has 5 nitrogen and oxygen atoms in total. The lowest BCUT2D eigenvalue weighted by Gasteiger charge is -2.18. The van der Waals surface area contributed by atoms with Gasteiger partial charge in [-0.25, -0.2) is 4.39 Å². The van der Waals surface area contributed by atoms with Crippen molar-refractivity contribution in [2.75, 3.05) is 26.7 Å². The van der Waals surface area contributed by atoms with E-state index in [-0.39, 0.29) is 11.4 Å². The van der Waals surface area contributed by atoms with Crippen LogP contribution in [0.4, 0.5) is 4.39 Å². The standard InChI is InChI=1S/C35H42FN3O2/c1-4-27-11-9-12-31(21-27)35(13-14-35)38-15-6-5-10-28-22-32(36)24-33(23-28)41-17-8-7-16-39(3)25-29-18-26(2)19-30(20-29)34(37)40/h1,9,11-12,18-24,38H,5-8,10,13-17,25H2,2-3H3,(H2,37,40). The second-order valence-corrected chi connectivity index (χ2v) is 11.4. The van der Waals surface area contributed by atoms with Gasteiger partial charge in [-0.15, -0.1) is 6.42 Å². The number of aryl methyl sites for hydroxylation is 2. The molecule has 0 bridgehead atoms. The van der Waals surface area contributed by atoms with E-state index in [0.717, 1.165) is 86.8 Å². The Hall–Kier alpha value is -3.66. The van der Waals surface area contributed by atoms with Crippen molar-refractivity contribution in [1.29, 1.82) is 0 Å². The summed E-state index contributed by atoms with van der Waals surface area (Å²) in [5.74, 6) is 2.66.